The molecular formula is C28H56N2. The lowest BCUT2D eigenvalue weighted by molar-refractivity contribution is 0.332. The van der Waals surface area contributed by atoms with E-state index >= 15 is 0 Å². The van der Waals surface area contributed by atoms with Crippen molar-refractivity contribution in [2.75, 3.05) is 20.1 Å². The van der Waals surface area contributed by atoms with E-state index in [0.29, 0.717) is 11.8 Å². The largest absolute Gasteiger partial charge is 0.378 e. The van der Waals surface area contributed by atoms with Gasteiger partial charge in [-0.25, -0.2) is 0 Å². The summed E-state index contributed by atoms with van der Waals surface area (Å²) >= 11 is 0. The fourth-order valence-corrected chi connectivity index (χ4v) is 5.77. The van der Waals surface area contributed by atoms with Crippen LogP contribution in [0.4, 0.5) is 0 Å². The molecule has 0 fully saturated rings. The second kappa shape index (κ2) is 16.2. The Morgan fingerprint density at radius 3 is 2.37 bits per heavy atom. The molecule has 30 heavy (non-hydrogen) atoms. The molecule has 2 nitrogen and oxygen atoms in total. The van der Waals surface area contributed by atoms with Crippen molar-refractivity contribution in [3.05, 3.63) is 11.3 Å². The van der Waals surface area contributed by atoms with Gasteiger partial charge in [-0.05, 0) is 61.5 Å². The van der Waals surface area contributed by atoms with Gasteiger partial charge in [-0.15, -0.1) is 0 Å². The van der Waals surface area contributed by atoms with Crippen molar-refractivity contribution >= 4 is 0 Å². The summed E-state index contributed by atoms with van der Waals surface area (Å²) in [5.74, 6) is 3.24. The highest BCUT2D eigenvalue weighted by Crippen LogP contribution is 2.35. The van der Waals surface area contributed by atoms with Crippen LogP contribution in [0.15, 0.2) is 11.3 Å². The van der Waals surface area contributed by atoms with Gasteiger partial charge in [0.15, 0.2) is 0 Å². The molecular weight excluding hydrogens is 364 g/mol. The minimum absolute atomic E-state index is 0.694. The summed E-state index contributed by atoms with van der Waals surface area (Å²) in [5.41, 5.74) is 9.39. The fourth-order valence-electron chi connectivity index (χ4n) is 5.77. The van der Waals surface area contributed by atoms with E-state index in [4.69, 9.17) is 5.73 Å². The summed E-state index contributed by atoms with van der Waals surface area (Å²) in [6, 6.07) is 0. The molecule has 2 heteroatoms. The summed E-state index contributed by atoms with van der Waals surface area (Å²) in [6.45, 7) is 14.1. The molecule has 1 aliphatic rings. The predicted molar refractivity (Wildman–Crippen MR) is 136 cm³/mol. The van der Waals surface area contributed by atoms with E-state index in [0.717, 1.165) is 24.8 Å². The summed E-state index contributed by atoms with van der Waals surface area (Å²) in [6.07, 6.45) is 19.0. The van der Waals surface area contributed by atoms with Crippen LogP contribution in [0.1, 0.15) is 125 Å². The van der Waals surface area contributed by atoms with Gasteiger partial charge in [-0.3, -0.25) is 0 Å². The van der Waals surface area contributed by atoms with Gasteiger partial charge in [-0.1, -0.05) is 98.8 Å². The lowest BCUT2D eigenvalue weighted by Gasteiger charge is -2.33. The Bertz CT molecular complexity index is 456. The average Bonchev–Trinajstić information content (AvgIpc) is 2.72. The van der Waals surface area contributed by atoms with Crippen LogP contribution < -0.4 is 5.73 Å². The maximum atomic E-state index is 6.07. The van der Waals surface area contributed by atoms with Gasteiger partial charge in [0.05, 0.1) is 0 Å². The van der Waals surface area contributed by atoms with E-state index in [2.05, 4.69) is 46.6 Å². The summed E-state index contributed by atoms with van der Waals surface area (Å²) < 4.78 is 0. The second-order valence-electron chi connectivity index (χ2n) is 10.5. The molecule has 1 rings (SSSR count). The minimum Gasteiger partial charge on any atom is -0.378 e. The molecule has 0 aromatic carbocycles. The number of hydrogen-bond donors (Lipinski definition) is 1. The van der Waals surface area contributed by atoms with E-state index in [1.54, 1.807) is 11.3 Å². The zero-order valence-corrected chi connectivity index (χ0v) is 21.6. The summed E-state index contributed by atoms with van der Waals surface area (Å²) in [4.78, 5) is 2.56. The van der Waals surface area contributed by atoms with Crippen LogP contribution in [0.2, 0.25) is 0 Å². The Kier molecular flexibility index (Phi) is 14.8. The lowest BCUT2D eigenvalue weighted by atomic mass is 9.80. The van der Waals surface area contributed by atoms with Gasteiger partial charge in [0.1, 0.15) is 0 Å². The van der Waals surface area contributed by atoms with Crippen molar-refractivity contribution in [1.82, 2.24) is 4.90 Å². The number of nitrogens with zero attached hydrogens (tertiary/aromatic N) is 1. The monoisotopic (exact) mass is 420 g/mol. The molecule has 2 N–H and O–H groups in total. The first-order chi connectivity index (χ1) is 14.4. The van der Waals surface area contributed by atoms with Gasteiger partial charge in [-0.2, -0.15) is 0 Å². The van der Waals surface area contributed by atoms with Crippen molar-refractivity contribution in [2.45, 2.75) is 125 Å². The Labute approximate surface area is 190 Å². The average molecular weight is 421 g/mol. The van der Waals surface area contributed by atoms with Crippen LogP contribution in [0.5, 0.6) is 0 Å². The van der Waals surface area contributed by atoms with Crippen LogP contribution in [-0.2, 0) is 0 Å². The summed E-state index contributed by atoms with van der Waals surface area (Å²) in [7, 11) is 2.32. The number of rotatable bonds is 13. The van der Waals surface area contributed by atoms with Crippen molar-refractivity contribution in [2.24, 2.45) is 29.4 Å². The van der Waals surface area contributed by atoms with Crippen molar-refractivity contribution < 1.29 is 0 Å². The highest BCUT2D eigenvalue weighted by Gasteiger charge is 2.23. The first-order valence-electron chi connectivity index (χ1n) is 13.6. The Morgan fingerprint density at radius 1 is 0.967 bits per heavy atom. The molecule has 0 radical (unpaired) electrons. The molecule has 0 aliphatic carbocycles. The molecule has 178 valence electrons. The molecule has 0 saturated carbocycles. The third-order valence-corrected chi connectivity index (χ3v) is 7.79. The molecule has 4 atom stereocenters. The molecule has 0 spiro atoms. The molecule has 0 aromatic rings. The highest BCUT2D eigenvalue weighted by atomic mass is 15.1. The standard InChI is InChI=1S/C28H56N2/c1-7-14-23(3)18-19-26(8-2)17-13-16-25(5)28-24(4)15-11-9-10-12-22-30(6)27(28)20-21-29/h23-26H,7-22,29H2,1-6H3. The molecule has 0 saturated heterocycles. The number of allylic oxidation sites excluding steroid dienone is 1. The van der Waals surface area contributed by atoms with E-state index < -0.39 is 0 Å². The molecule has 1 aliphatic heterocycles. The lowest BCUT2D eigenvalue weighted by Crippen LogP contribution is -2.27. The SMILES string of the molecule is CCCC(C)CCC(CC)CCCC(C)C1=C(CCN)N(C)CCCCCCC1C. The normalized spacial score (nSPS) is 22.1. The van der Waals surface area contributed by atoms with E-state index in [-0.39, 0.29) is 0 Å². The highest BCUT2D eigenvalue weighted by molar-refractivity contribution is 5.19. The Morgan fingerprint density at radius 2 is 1.70 bits per heavy atom. The van der Waals surface area contributed by atoms with Gasteiger partial charge < -0.3 is 10.6 Å². The first-order valence-corrected chi connectivity index (χ1v) is 13.6. The third-order valence-electron chi connectivity index (χ3n) is 7.79. The van der Waals surface area contributed by atoms with Crippen LogP contribution in [0.25, 0.3) is 0 Å². The quantitative estimate of drug-likeness (QED) is 0.325. The Hall–Kier alpha value is -0.500. The molecule has 1 heterocycles. The maximum Gasteiger partial charge on any atom is 0.0171 e. The molecule has 0 aromatic heterocycles. The van der Waals surface area contributed by atoms with Crippen molar-refractivity contribution in [1.29, 1.82) is 0 Å². The van der Waals surface area contributed by atoms with Gasteiger partial charge in [0.2, 0.25) is 0 Å². The molecule has 0 amide bonds. The number of nitrogens with two attached hydrogens (primary N) is 1. The van der Waals surface area contributed by atoms with Crippen LogP contribution in [-0.4, -0.2) is 25.0 Å². The Balaban J connectivity index is 2.74. The first kappa shape index (κ1) is 27.5. The van der Waals surface area contributed by atoms with Crippen LogP contribution in [0, 0.1) is 23.7 Å². The van der Waals surface area contributed by atoms with Gasteiger partial charge >= 0.3 is 0 Å². The van der Waals surface area contributed by atoms with E-state index in [9.17, 15) is 0 Å². The second-order valence-corrected chi connectivity index (χ2v) is 10.5. The molecule has 4 unspecified atom stereocenters. The minimum atomic E-state index is 0.694. The smallest absolute Gasteiger partial charge is 0.0171 e. The van der Waals surface area contributed by atoms with Crippen molar-refractivity contribution in [3.63, 3.8) is 0 Å². The van der Waals surface area contributed by atoms with Gasteiger partial charge in [0, 0.05) is 19.3 Å². The van der Waals surface area contributed by atoms with Crippen LogP contribution >= 0.6 is 0 Å². The topological polar surface area (TPSA) is 29.3 Å². The predicted octanol–water partition coefficient (Wildman–Crippen LogP) is 8.17. The zero-order chi connectivity index (χ0) is 22.4. The van der Waals surface area contributed by atoms with Gasteiger partial charge in [0.25, 0.3) is 0 Å². The molecule has 0 bridgehead atoms. The maximum absolute atomic E-state index is 6.07. The van der Waals surface area contributed by atoms with Crippen molar-refractivity contribution in [3.8, 4) is 0 Å². The van der Waals surface area contributed by atoms with Crippen LogP contribution in [0.3, 0.4) is 0 Å². The van der Waals surface area contributed by atoms with E-state index in [1.165, 1.54) is 90.0 Å². The third kappa shape index (κ3) is 10.2. The zero-order valence-electron chi connectivity index (χ0n) is 21.6. The van der Waals surface area contributed by atoms with E-state index in [1.807, 2.05) is 0 Å². The fraction of sp³-hybridized carbons (Fsp3) is 0.929. The number of hydrogen-bond acceptors (Lipinski definition) is 2. The summed E-state index contributed by atoms with van der Waals surface area (Å²) in [5, 5.41) is 0.